The molecule has 1 heterocycles. The van der Waals surface area contributed by atoms with Crippen LogP contribution < -0.4 is 4.90 Å². The molecule has 1 aromatic heterocycles. The maximum Gasteiger partial charge on any atom is 0.0726 e. The molecule has 0 bridgehead atoms. The fourth-order valence-electron chi connectivity index (χ4n) is 9.36. The first kappa shape index (κ1) is 29.5. The highest BCUT2D eigenvalue weighted by Crippen LogP contribution is 2.65. The van der Waals surface area contributed by atoms with Gasteiger partial charge in [-0.25, -0.2) is 0 Å². The highest BCUT2D eigenvalue weighted by atomic mass is 32.1. The first-order valence-corrected chi connectivity index (χ1v) is 18.8. The third-order valence-corrected chi connectivity index (χ3v) is 12.5. The van der Waals surface area contributed by atoms with Gasteiger partial charge in [0.15, 0.2) is 0 Å². The molecule has 0 fully saturated rings. The van der Waals surface area contributed by atoms with Crippen molar-refractivity contribution in [2.24, 2.45) is 0 Å². The van der Waals surface area contributed by atoms with Crippen LogP contribution in [0.2, 0.25) is 0 Å². The van der Waals surface area contributed by atoms with Crippen LogP contribution in [0.4, 0.5) is 17.1 Å². The summed E-state index contributed by atoms with van der Waals surface area (Å²) in [6, 6.07) is 67.7. The number of hydrogen-bond acceptors (Lipinski definition) is 2. The summed E-state index contributed by atoms with van der Waals surface area (Å²) >= 11 is 1.87. The highest BCUT2D eigenvalue weighted by Gasteiger charge is 2.52. The molecule has 8 aromatic carbocycles. The molecule has 0 radical (unpaired) electrons. The Bertz CT molecular complexity index is 2830. The second-order valence-corrected chi connectivity index (χ2v) is 15.1. The van der Waals surface area contributed by atoms with Gasteiger partial charge in [0.05, 0.1) is 16.8 Å². The molecule has 1 spiro atoms. The van der Waals surface area contributed by atoms with Crippen LogP contribution in [0, 0.1) is 6.92 Å². The number of nitrogens with zero attached hydrogens (tertiary/aromatic N) is 1. The van der Waals surface area contributed by atoms with Crippen molar-refractivity contribution in [3.63, 3.8) is 0 Å². The zero-order chi connectivity index (χ0) is 34.4. The first-order chi connectivity index (χ1) is 25.7. The minimum absolute atomic E-state index is 0.409. The summed E-state index contributed by atoms with van der Waals surface area (Å²) in [6.07, 6.45) is 0. The van der Waals surface area contributed by atoms with Crippen LogP contribution in [0.1, 0.15) is 27.8 Å². The van der Waals surface area contributed by atoms with E-state index in [0.29, 0.717) is 0 Å². The van der Waals surface area contributed by atoms with Crippen molar-refractivity contribution in [2.75, 3.05) is 4.90 Å². The maximum atomic E-state index is 2.56. The smallest absolute Gasteiger partial charge is 0.0726 e. The molecule has 9 aromatic rings. The predicted molar refractivity (Wildman–Crippen MR) is 220 cm³/mol. The Balaban J connectivity index is 1.25. The fraction of sp³-hybridized carbons (Fsp3) is 0.0400. The predicted octanol–water partition coefficient (Wildman–Crippen LogP) is 13.8. The van der Waals surface area contributed by atoms with Crippen molar-refractivity contribution < 1.29 is 0 Å². The van der Waals surface area contributed by atoms with Crippen molar-refractivity contribution in [3.8, 4) is 33.4 Å². The van der Waals surface area contributed by atoms with E-state index in [-0.39, 0.29) is 0 Å². The summed E-state index contributed by atoms with van der Waals surface area (Å²) in [5.41, 5.74) is 17.5. The van der Waals surface area contributed by atoms with E-state index < -0.39 is 5.41 Å². The van der Waals surface area contributed by atoms with Crippen LogP contribution in [0.5, 0.6) is 0 Å². The number of aryl methyl sites for hydroxylation is 1. The summed E-state index contributed by atoms with van der Waals surface area (Å²) in [5.74, 6) is 0. The Morgan fingerprint density at radius 1 is 0.423 bits per heavy atom. The topological polar surface area (TPSA) is 3.24 Å². The monoisotopic (exact) mass is 679 g/mol. The average Bonchev–Trinajstić information content (AvgIpc) is 3.84. The lowest BCUT2D eigenvalue weighted by Gasteiger charge is -2.32. The summed E-state index contributed by atoms with van der Waals surface area (Å²) in [6.45, 7) is 2.27. The van der Waals surface area contributed by atoms with Gasteiger partial charge in [0, 0.05) is 31.4 Å². The minimum Gasteiger partial charge on any atom is -0.309 e. The lowest BCUT2D eigenvalue weighted by Crippen LogP contribution is -2.26. The minimum atomic E-state index is -0.409. The molecule has 0 saturated carbocycles. The van der Waals surface area contributed by atoms with Crippen LogP contribution >= 0.6 is 11.3 Å². The fourth-order valence-corrected chi connectivity index (χ4v) is 10.5. The summed E-state index contributed by atoms with van der Waals surface area (Å²) in [4.78, 5) is 2.56. The molecule has 0 N–H and O–H groups in total. The van der Waals surface area contributed by atoms with E-state index in [1.807, 2.05) is 11.3 Å². The maximum absolute atomic E-state index is 2.56. The molecule has 2 aliphatic carbocycles. The molecule has 1 nitrogen and oxygen atoms in total. The summed E-state index contributed by atoms with van der Waals surface area (Å²) in [5, 5.41) is 2.59. The van der Waals surface area contributed by atoms with E-state index in [1.54, 1.807) is 0 Å². The van der Waals surface area contributed by atoms with Crippen molar-refractivity contribution >= 4 is 48.6 Å². The number of fused-ring (bicyclic) bond motifs is 13. The number of anilines is 3. The molecule has 52 heavy (non-hydrogen) atoms. The van der Waals surface area contributed by atoms with Gasteiger partial charge >= 0.3 is 0 Å². The Morgan fingerprint density at radius 2 is 1.00 bits per heavy atom. The summed E-state index contributed by atoms with van der Waals surface area (Å²) in [7, 11) is 0. The van der Waals surface area contributed by atoms with E-state index in [2.05, 4.69) is 194 Å². The molecule has 2 aliphatic rings. The van der Waals surface area contributed by atoms with Gasteiger partial charge in [0.1, 0.15) is 0 Å². The van der Waals surface area contributed by atoms with Gasteiger partial charge in [-0.3, -0.25) is 0 Å². The standard InChI is InChI=1S/C50H33NS/c1-32-31-34(33-15-3-2-4-16-33)29-30-43(32)51(45-26-14-28-47-49(45)38-20-8-12-27-46(38)52-47)44-25-13-24-42-48(44)37-19-7-11-23-41(37)50(42)39-21-9-5-17-35(39)36-18-6-10-22-40(36)50/h2-31H,1H3. The molecule has 2 heteroatoms. The quantitative estimate of drug-likeness (QED) is 0.179. The van der Waals surface area contributed by atoms with Crippen molar-refractivity contribution in [3.05, 3.63) is 210 Å². The molecule has 244 valence electrons. The van der Waals surface area contributed by atoms with Crippen molar-refractivity contribution in [2.45, 2.75) is 12.3 Å². The Labute approximate surface area is 307 Å². The Kier molecular flexibility index (Phi) is 6.32. The number of benzene rings is 8. The van der Waals surface area contributed by atoms with Gasteiger partial charge in [0.2, 0.25) is 0 Å². The third-order valence-electron chi connectivity index (χ3n) is 11.4. The molecule has 0 saturated heterocycles. The molecular formula is C50H33NS. The van der Waals surface area contributed by atoms with Gasteiger partial charge in [-0.05, 0) is 99.0 Å². The zero-order valence-corrected chi connectivity index (χ0v) is 29.5. The van der Waals surface area contributed by atoms with E-state index in [4.69, 9.17) is 0 Å². The zero-order valence-electron chi connectivity index (χ0n) is 28.7. The third kappa shape index (κ3) is 3.93. The molecule has 0 atom stereocenters. The lowest BCUT2D eigenvalue weighted by atomic mass is 9.70. The number of thiophene rings is 1. The van der Waals surface area contributed by atoms with Crippen LogP contribution in [0.15, 0.2) is 182 Å². The molecule has 0 aliphatic heterocycles. The van der Waals surface area contributed by atoms with E-state index in [1.165, 1.54) is 98.4 Å². The van der Waals surface area contributed by atoms with E-state index in [0.717, 1.165) is 0 Å². The molecule has 0 unspecified atom stereocenters. The first-order valence-electron chi connectivity index (χ1n) is 18.0. The van der Waals surface area contributed by atoms with Gasteiger partial charge < -0.3 is 4.90 Å². The van der Waals surface area contributed by atoms with Crippen molar-refractivity contribution in [1.82, 2.24) is 0 Å². The Hall–Kier alpha value is -6.22. The molecule has 11 rings (SSSR count). The van der Waals surface area contributed by atoms with Gasteiger partial charge in [0.25, 0.3) is 0 Å². The van der Waals surface area contributed by atoms with Gasteiger partial charge in [-0.1, -0.05) is 146 Å². The normalized spacial score (nSPS) is 13.2. The Morgan fingerprint density at radius 3 is 1.75 bits per heavy atom. The van der Waals surface area contributed by atoms with Crippen LogP contribution in [0.25, 0.3) is 53.6 Å². The largest absolute Gasteiger partial charge is 0.309 e. The van der Waals surface area contributed by atoms with E-state index >= 15 is 0 Å². The molecule has 0 amide bonds. The summed E-state index contributed by atoms with van der Waals surface area (Å²) < 4.78 is 2.60. The molecular weight excluding hydrogens is 647 g/mol. The van der Waals surface area contributed by atoms with Crippen LogP contribution in [0.3, 0.4) is 0 Å². The average molecular weight is 680 g/mol. The van der Waals surface area contributed by atoms with Crippen LogP contribution in [-0.4, -0.2) is 0 Å². The highest BCUT2D eigenvalue weighted by molar-refractivity contribution is 7.26. The van der Waals surface area contributed by atoms with Gasteiger partial charge in [-0.2, -0.15) is 0 Å². The second-order valence-electron chi connectivity index (χ2n) is 14.0. The SMILES string of the molecule is Cc1cc(-c2ccccc2)ccc1N(c1cccc2c1-c1ccccc1C21c2ccccc2-c2ccccc21)c1cccc2sc3ccccc3c12. The van der Waals surface area contributed by atoms with Crippen molar-refractivity contribution in [1.29, 1.82) is 0 Å². The van der Waals surface area contributed by atoms with Gasteiger partial charge in [-0.15, -0.1) is 11.3 Å². The number of hydrogen-bond donors (Lipinski definition) is 0. The van der Waals surface area contributed by atoms with E-state index in [9.17, 15) is 0 Å². The second kappa shape index (κ2) is 11.1. The number of rotatable bonds is 4. The van der Waals surface area contributed by atoms with Crippen LogP contribution in [-0.2, 0) is 5.41 Å². The lowest BCUT2D eigenvalue weighted by molar-refractivity contribution is 0.794.